The van der Waals surface area contributed by atoms with Gasteiger partial charge in [-0.1, -0.05) is 6.92 Å². The van der Waals surface area contributed by atoms with Crippen molar-refractivity contribution >= 4 is 17.3 Å². The van der Waals surface area contributed by atoms with Crippen LogP contribution < -0.4 is 16.6 Å². The molecule has 1 aromatic heterocycles. The van der Waals surface area contributed by atoms with Crippen LogP contribution in [0.2, 0.25) is 0 Å². The topological polar surface area (TPSA) is 109 Å². The molecule has 8 nitrogen and oxygen atoms in total. The molecule has 0 radical (unpaired) electrons. The minimum atomic E-state index is -0.435. The summed E-state index contributed by atoms with van der Waals surface area (Å²) in [6.07, 6.45) is 0.927. The van der Waals surface area contributed by atoms with Gasteiger partial charge in [0.1, 0.15) is 5.82 Å². The van der Waals surface area contributed by atoms with E-state index in [2.05, 4.69) is 34.6 Å². The van der Waals surface area contributed by atoms with E-state index in [1.54, 1.807) is 0 Å². The van der Waals surface area contributed by atoms with Crippen LogP contribution in [0.3, 0.4) is 0 Å². The molecule has 2 rings (SSSR count). The first-order valence-electron chi connectivity index (χ1n) is 6.58. The van der Waals surface area contributed by atoms with Crippen molar-refractivity contribution in [3.05, 3.63) is 22.2 Å². The maximum Gasteiger partial charge on any atom is 0.311 e. The highest BCUT2D eigenvalue weighted by Crippen LogP contribution is 2.27. The number of hydrogen-bond acceptors (Lipinski definition) is 7. The summed E-state index contributed by atoms with van der Waals surface area (Å²) >= 11 is 0. The molecule has 0 spiro atoms. The third-order valence-corrected chi connectivity index (χ3v) is 3.65. The number of anilines is 2. The molecule has 0 bridgehead atoms. The van der Waals surface area contributed by atoms with Crippen molar-refractivity contribution in [3.63, 3.8) is 0 Å². The monoisotopic (exact) mass is 280 g/mol. The molecule has 8 heteroatoms. The van der Waals surface area contributed by atoms with Gasteiger partial charge in [-0.3, -0.25) is 10.1 Å². The Kier molecular flexibility index (Phi) is 4.35. The van der Waals surface area contributed by atoms with E-state index in [0.29, 0.717) is 11.7 Å². The lowest BCUT2D eigenvalue weighted by Crippen LogP contribution is -2.43. The van der Waals surface area contributed by atoms with E-state index >= 15 is 0 Å². The number of hydrogen-bond donors (Lipinski definition) is 3. The van der Waals surface area contributed by atoms with Gasteiger partial charge in [-0.25, -0.2) is 10.8 Å². The van der Waals surface area contributed by atoms with Crippen LogP contribution in [0.4, 0.5) is 17.3 Å². The van der Waals surface area contributed by atoms with E-state index in [0.717, 1.165) is 19.5 Å². The van der Waals surface area contributed by atoms with Gasteiger partial charge >= 0.3 is 5.69 Å². The van der Waals surface area contributed by atoms with E-state index in [9.17, 15) is 10.1 Å². The quantitative estimate of drug-likeness (QED) is 0.429. The van der Waals surface area contributed by atoms with Gasteiger partial charge < -0.3 is 15.6 Å². The van der Waals surface area contributed by atoms with Crippen LogP contribution in [0.1, 0.15) is 13.3 Å². The Bertz CT molecular complexity index is 495. The minimum Gasteiger partial charge on any atom is -0.361 e. The van der Waals surface area contributed by atoms with Gasteiger partial charge in [0.05, 0.1) is 4.92 Å². The van der Waals surface area contributed by atoms with E-state index in [4.69, 9.17) is 5.84 Å². The predicted molar refractivity (Wildman–Crippen MR) is 77.4 cm³/mol. The molecule has 0 aliphatic carbocycles. The number of rotatable bonds is 4. The summed E-state index contributed by atoms with van der Waals surface area (Å²) in [6.45, 7) is 4.05. The number of nitrogens with two attached hydrogens (primary N) is 1. The van der Waals surface area contributed by atoms with Crippen LogP contribution >= 0.6 is 0 Å². The van der Waals surface area contributed by atoms with Crippen LogP contribution in [0.15, 0.2) is 12.1 Å². The Morgan fingerprint density at radius 2 is 2.30 bits per heavy atom. The third kappa shape index (κ3) is 3.14. The van der Waals surface area contributed by atoms with Gasteiger partial charge in [-0.15, -0.1) is 0 Å². The zero-order chi connectivity index (χ0) is 14.7. The van der Waals surface area contributed by atoms with Gasteiger partial charge in [-0.2, -0.15) is 0 Å². The molecule has 1 aliphatic rings. The van der Waals surface area contributed by atoms with E-state index < -0.39 is 4.92 Å². The van der Waals surface area contributed by atoms with Gasteiger partial charge in [0.25, 0.3) is 0 Å². The molecule has 2 atom stereocenters. The number of aromatic nitrogens is 1. The molecule has 0 amide bonds. The second-order valence-corrected chi connectivity index (χ2v) is 5.24. The summed E-state index contributed by atoms with van der Waals surface area (Å²) in [6, 6.07) is 3.07. The second kappa shape index (κ2) is 6.02. The fraction of sp³-hybridized carbons (Fsp3) is 0.583. The van der Waals surface area contributed by atoms with Gasteiger partial charge in [-0.05, 0) is 32.0 Å². The van der Waals surface area contributed by atoms with Gasteiger partial charge in [0.15, 0.2) is 0 Å². The molecular weight excluding hydrogens is 260 g/mol. The van der Waals surface area contributed by atoms with Crippen molar-refractivity contribution < 1.29 is 4.92 Å². The van der Waals surface area contributed by atoms with Crippen molar-refractivity contribution in [2.24, 2.45) is 11.8 Å². The highest BCUT2D eigenvalue weighted by atomic mass is 16.6. The van der Waals surface area contributed by atoms with Crippen LogP contribution in [-0.4, -0.2) is 41.0 Å². The van der Waals surface area contributed by atoms with Crippen molar-refractivity contribution in [1.29, 1.82) is 0 Å². The number of nitrogens with zero attached hydrogens (tertiary/aromatic N) is 3. The Labute approximate surface area is 117 Å². The van der Waals surface area contributed by atoms with Crippen LogP contribution in [-0.2, 0) is 0 Å². The summed E-state index contributed by atoms with van der Waals surface area (Å²) in [7, 11) is 2.08. The van der Waals surface area contributed by atoms with Crippen LogP contribution in [0.25, 0.3) is 0 Å². The van der Waals surface area contributed by atoms with Crippen molar-refractivity contribution in [2.75, 3.05) is 30.9 Å². The second-order valence-electron chi connectivity index (χ2n) is 5.24. The van der Waals surface area contributed by atoms with Crippen molar-refractivity contribution in [2.45, 2.75) is 19.4 Å². The molecule has 1 aliphatic heterocycles. The predicted octanol–water partition coefficient (Wildman–Crippen LogP) is 1.03. The number of hydrazine groups is 1. The largest absolute Gasteiger partial charge is 0.361 e. The lowest BCUT2D eigenvalue weighted by molar-refractivity contribution is -0.384. The van der Waals surface area contributed by atoms with E-state index in [1.807, 2.05) is 0 Å². The lowest BCUT2D eigenvalue weighted by atomic mass is 9.94. The summed E-state index contributed by atoms with van der Waals surface area (Å²) in [5.41, 5.74) is 2.37. The fourth-order valence-electron chi connectivity index (χ4n) is 2.53. The Hall–Kier alpha value is -1.93. The molecule has 2 unspecified atom stereocenters. The molecule has 110 valence electrons. The molecule has 2 heterocycles. The molecule has 0 saturated carbocycles. The Morgan fingerprint density at radius 3 is 2.90 bits per heavy atom. The number of nitro groups is 1. The standard InChI is InChI=1S/C12H20N6O2/c1-8-7-17(2)6-5-9(8)14-12-10(18(19)20)3-4-11(15-12)16-13/h3-4,8-9H,5-7,13H2,1-2H3,(H2,14,15,16). The molecule has 1 saturated heterocycles. The SMILES string of the molecule is CC1CN(C)CCC1Nc1nc(NN)ccc1[N+](=O)[O-]. The summed E-state index contributed by atoms with van der Waals surface area (Å²) in [5, 5.41) is 14.3. The Morgan fingerprint density at radius 1 is 1.55 bits per heavy atom. The number of pyridine rings is 1. The fourth-order valence-corrected chi connectivity index (χ4v) is 2.53. The zero-order valence-corrected chi connectivity index (χ0v) is 11.7. The average molecular weight is 280 g/mol. The summed E-state index contributed by atoms with van der Waals surface area (Å²) < 4.78 is 0. The third-order valence-electron chi connectivity index (χ3n) is 3.65. The minimum absolute atomic E-state index is 0.0323. The molecule has 0 aromatic carbocycles. The number of nitrogens with one attached hydrogen (secondary N) is 2. The molecule has 1 aromatic rings. The average Bonchev–Trinajstić information content (AvgIpc) is 2.41. The highest BCUT2D eigenvalue weighted by molar-refractivity contribution is 5.60. The number of likely N-dealkylation sites (tertiary alicyclic amines) is 1. The maximum absolute atomic E-state index is 11.1. The van der Waals surface area contributed by atoms with E-state index in [-0.39, 0.29) is 17.5 Å². The van der Waals surface area contributed by atoms with Crippen LogP contribution in [0, 0.1) is 16.0 Å². The van der Waals surface area contributed by atoms with Crippen molar-refractivity contribution in [3.8, 4) is 0 Å². The van der Waals surface area contributed by atoms with Crippen molar-refractivity contribution in [1.82, 2.24) is 9.88 Å². The molecular formula is C12H20N6O2. The molecule has 4 N–H and O–H groups in total. The Balaban J connectivity index is 2.20. The normalized spacial score (nSPS) is 23.4. The molecule has 1 fully saturated rings. The van der Waals surface area contributed by atoms with E-state index in [1.165, 1.54) is 12.1 Å². The smallest absolute Gasteiger partial charge is 0.311 e. The maximum atomic E-state index is 11.1. The van der Waals surface area contributed by atoms with Gasteiger partial charge in [0, 0.05) is 18.7 Å². The first kappa shape index (κ1) is 14.5. The lowest BCUT2D eigenvalue weighted by Gasteiger charge is -2.35. The van der Waals surface area contributed by atoms with Crippen LogP contribution in [0.5, 0.6) is 0 Å². The first-order valence-corrected chi connectivity index (χ1v) is 6.58. The summed E-state index contributed by atoms with van der Waals surface area (Å²) in [4.78, 5) is 17.0. The van der Waals surface area contributed by atoms with Gasteiger partial charge in [0.2, 0.25) is 5.82 Å². The number of nitrogen functional groups attached to an aromatic ring is 1. The molecule has 20 heavy (non-hydrogen) atoms. The first-order chi connectivity index (χ1) is 9.51. The highest BCUT2D eigenvalue weighted by Gasteiger charge is 2.27. The summed E-state index contributed by atoms with van der Waals surface area (Å²) in [5.74, 6) is 6.37. The number of piperidine rings is 1. The zero-order valence-electron chi connectivity index (χ0n) is 11.7.